The molecule has 4 heteroatoms. The van der Waals surface area contributed by atoms with Crippen LogP contribution in [0.25, 0.3) is 0 Å². The van der Waals surface area contributed by atoms with E-state index < -0.39 is 0 Å². The maximum absolute atomic E-state index is 8.68. The van der Waals surface area contributed by atoms with Crippen LogP contribution in [0.3, 0.4) is 0 Å². The molecule has 0 saturated heterocycles. The van der Waals surface area contributed by atoms with Gasteiger partial charge in [0.05, 0.1) is 11.8 Å². The molecule has 11 heavy (non-hydrogen) atoms. The van der Waals surface area contributed by atoms with Gasteiger partial charge in [-0.1, -0.05) is 18.0 Å². The average Bonchev–Trinajstić information content (AvgIpc) is 2.27. The van der Waals surface area contributed by atoms with Gasteiger partial charge in [-0.3, -0.25) is 0 Å². The summed E-state index contributed by atoms with van der Waals surface area (Å²) in [5.41, 5.74) is 2.83. The maximum atomic E-state index is 8.68. The molecule has 1 atom stereocenters. The van der Waals surface area contributed by atoms with Gasteiger partial charge in [0, 0.05) is 0 Å². The molecule has 0 aromatic rings. The van der Waals surface area contributed by atoms with Crippen LogP contribution in [0.15, 0.2) is 5.16 Å². The van der Waals surface area contributed by atoms with Crippen LogP contribution in [-0.2, 0) is 0 Å². The summed E-state index contributed by atoms with van der Waals surface area (Å²) in [6.45, 7) is 0. The molecule has 0 amide bonds. The van der Waals surface area contributed by atoms with E-state index in [9.17, 15) is 0 Å². The van der Waals surface area contributed by atoms with Crippen molar-refractivity contribution in [2.75, 3.05) is 0 Å². The lowest BCUT2D eigenvalue weighted by Gasteiger charge is -2.11. The minimum atomic E-state index is -0.137. The van der Waals surface area contributed by atoms with Gasteiger partial charge in [-0.15, -0.1) is 0 Å². The van der Waals surface area contributed by atoms with Crippen molar-refractivity contribution in [1.29, 1.82) is 0 Å². The van der Waals surface area contributed by atoms with Crippen LogP contribution in [0, 0.1) is 0 Å². The first-order valence-electron chi connectivity index (χ1n) is 3.99. The molecule has 0 bridgehead atoms. The third kappa shape index (κ3) is 2.17. The Bertz CT molecular complexity index is 147. The van der Waals surface area contributed by atoms with Crippen molar-refractivity contribution in [3.05, 3.63) is 0 Å². The van der Waals surface area contributed by atoms with Gasteiger partial charge in [-0.25, -0.2) is 0 Å². The van der Waals surface area contributed by atoms with Gasteiger partial charge in [-0.2, -0.15) is 5.48 Å². The van der Waals surface area contributed by atoms with Crippen LogP contribution in [0.5, 0.6) is 0 Å². The van der Waals surface area contributed by atoms with Gasteiger partial charge in [0.2, 0.25) is 0 Å². The van der Waals surface area contributed by atoms with Crippen LogP contribution in [0.1, 0.15) is 32.1 Å². The lowest BCUT2D eigenvalue weighted by atomic mass is 10.1. The summed E-state index contributed by atoms with van der Waals surface area (Å²) in [5, 5.41) is 20.4. The molecule has 1 rings (SSSR count). The second kappa shape index (κ2) is 4.31. The quantitative estimate of drug-likeness (QED) is 0.304. The highest BCUT2D eigenvalue weighted by Crippen LogP contribution is 2.15. The summed E-state index contributed by atoms with van der Waals surface area (Å²) < 4.78 is 0. The number of hydroxylamine groups is 1. The van der Waals surface area contributed by atoms with Crippen LogP contribution >= 0.6 is 0 Å². The fourth-order valence-corrected chi connectivity index (χ4v) is 1.43. The Labute approximate surface area is 65.9 Å². The molecule has 0 radical (unpaired) electrons. The van der Waals surface area contributed by atoms with Crippen molar-refractivity contribution in [2.24, 2.45) is 5.16 Å². The number of nitrogens with one attached hydrogen (secondary N) is 1. The second-order valence-corrected chi connectivity index (χ2v) is 2.87. The number of hydrogen-bond donors (Lipinski definition) is 3. The molecular weight excluding hydrogens is 144 g/mol. The molecule has 1 saturated carbocycles. The van der Waals surface area contributed by atoms with Gasteiger partial charge in [0.15, 0.2) is 0 Å². The molecule has 1 aliphatic carbocycles. The summed E-state index contributed by atoms with van der Waals surface area (Å²) in [5.74, 6) is 0. The lowest BCUT2D eigenvalue weighted by Crippen LogP contribution is -2.33. The Morgan fingerprint density at radius 1 is 1.36 bits per heavy atom. The van der Waals surface area contributed by atoms with E-state index in [1.807, 2.05) is 0 Å². The summed E-state index contributed by atoms with van der Waals surface area (Å²) >= 11 is 0. The predicted molar refractivity (Wildman–Crippen MR) is 41.0 cm³/mol. The zero-order valence-corrected chi connectivity index (χ0v) is 6.45. The monoisotopic (exact) mass is 158 g/mol. The lowest BCUT2D eigenvalue weighted by molar-refractivity contribution is 0.144. The largest absolute Gasteiger partial charge is 0.411 e. The standard InChI is InChI=1S/C7H14N2O2/c10-8-6-4-2-1-3-5-7(6)9-11/h6,8,10-11H,1-5H2/b9-7+/t6-/m1/s1. The molecule has 1 aliphatic rings. The summed E-state index contributed by atoms with van der Waals surface area (Å²) in [7, 11) is 0. The Morgan fingerprint density at radius 3 is 2.82 bits per heavy atom. The zero-order chi connectivity index (χ0) is 8.10. The van der Waals surface area contributed by atoms with Crippen LogP contribution in [0.2, 0.25) is 0 Å². The number of hydrogen-bond acceptors (Lipinski definition) is 4. The van der Waals surface area contributed by atoms with E-state index in [0.29, 0.717) is 5.71 Å². The Kier molecular flexibility index (Phi) is 3.32. The molecular formula is C7H14N2O2. The van der Waals surface area contributed by atoms with Crippen molar-refractivity contribution in [1.82, 2.24) is 5.48 Å². The highest BCUT2D eigenvalue weighted by molar-refractivity contribution is 5.89. The van der Waals surface area contributed by atoms with Crippen LogP contribution < -0.4 is 5.48 Å². The van der Waals surface area contributed by atoms with Crippen LogP contribution in [0.4, 0.5) is 0 Å². The van der Waals surface area contributed by atoms with E-state index in [0.717, 1.165) is 32.1 Å². The first-order valence-corrected chi connectivity index (χ1v) is 3.99. The molecule has 0 aromatic heterocycles. The fourth-order valence-electron chi connectivity index (χ4n) is 1.43. The van der Waals surface area contributed by atoms with E-state index >= 15 is 0 Å². The van der Waals surface area contributed by atoms with Gasteiger partial charge < -0.3 is 10.4 Å². The molecule has 1 fully saturated rings. The second-order valence-electron chi connectivity index (χ2n) is 2.87. The van der Waals surface area contributed by atoms with E-state index in [-0.39, 0.29) is 6.04 Å². The van der Waals surface area contributed by atoms with Crippen molar-refractivity contribution in [2.45, 2.75) is 38.1 Å². The third-order valence-electron chi connectivity index (χ3n) is 2.11. The first-order chi connectivity index (χ1) is 5.38. The highest BCUT2D eigenvalue weighted by atomic mass is 16.5. The molecule has 3 N–H and O–H groups in total. The summed E-state index contributed by atoms with van der Waals surface area (Å²) in [4.78, 5) is 0. The fraction of sp³-hybridized carbons (Fsp3) is 0.857. The van der Waals surface area contributed by atoms with E-state index in [1.54, 1.807) is 0 Å². The molecule has 4 nitrogen and oxygen atoms in total. The van der Waals surface area contributed by atoms with Gasteiger partial charge in [0.25, 0.3) is 0 Å². The van der Waals surface area contributed by atoms with Crippen molar-refractivity contribution < 1.29 is 10.4 Å². The van der Waals surface area contributed by atoms with Gasteiger partial charge in [0.1, 0.15) is 0 Å². The number of rotatable bonds is 1. The third-order valence-corrected chi connectivity index (χ3v) is 2.11. The Hall–Kier alpha value is -0.610. The summed E-state index contributed by atoms with van der Waals surface area (Å²) in [6, 6.07) is -0.137. The molecule has 0 spiro atoms. The summed E-state index contributed by atoms with van der Waals surface area (Å²) in [6.07, 6.45) is 4.93. The zero-order valence-electron chi connectivity index (χ0n) is 6.45. The van der Waals surface area contributed by atoms with Gasteiger partial charge in [-0.05, 0) is 19.3 Å². The van der Waals surface area contributed by atoms with Crippen molar-refractivity contribution in [3.8, 4) is 0 Å². The number of nitrogens with zero attached hydrogens (tertiary/aromatic N) is 1. The smallest absolute Gasteiger partial charge is 0.0763 e. The SMILES string of the molecule is O/N=C1\CCCCC[C@H]1NO. The molecule has 0 heterocycles. The average molecular weight is 158 g/mol. The Balaban J connectivity index is 2.55. The normalized spacial score (nSPS) is 30.3. The van der Waals surface area contributed by atoms with Crippen LogP contribution in [-0.4, -0.2) is 22.2 Å². The minimum Gasteiger partial charge on any atom is -0.411 e. The van der Waals surface area contributed by atoms with E-state index in [4.69, 9.17) is 10.4 Å². The molecule has 0 unspecified atom stereocenters. The van der Waals surface area contributed by atoms with Crippen molar-refractivity contribution in [3.63, 3.8) is 0 Å². The molecule has 0 aliphatic heterocycles. The highest BCUT2D eigenvalue weighted by Gasteiger charge is 2.17. The molecule has 0 aromatic carbocycles. The Morgan fingerprint density at radius 2 is 2.18 bits per heavy atom. The van der Waals surface area contributed by atoms with E-state index in [2.05, 4.69) is 10.6 Å². The minimum absolute atomic E-state index is 0.137. The maximum Gasteiger partial charge on any atom is 0.0763 e. The van der Waals surface area contributed by atoms with Gasteiger partial charge >= 0.3 is 0 Å². The molecule has 64 valence electrons. The predicted octanol–water partition coefficient (Wildman–Crippen LogP) is 1.13. The van der Waals surface area contributed by atoms with E-state index in [1.165, 1.54) is 0 Å². The topological polar surface area (TPSA) is 64.9 Å². The van der Waals surface area contributed by atoms with Crippen molar-refractivity contribution >= 4 is 5.71 Å². The first kappa shape index (κ1) is 8.49. The number of oxime groups is 1.